The number of halogens is 2. The van der Waals surface area contributed by atoms with E-state index in [0.29, 0.717) is 17.6 Å². The number of benzene rings is 1. The third-order valence-corrected chi connectivity index (χ3v) is 1.34. The van der Waals surface area contributed by atoms with Crippen molar-refractivity contribution >= 4 is 29.5 Å². The number of phenols is 1. The van der Waals surface area contributed by atoms with Crippen molar-refractivity contribution in [3.05, 3.63) is 23.8 Å². The molecule has 0 aliphatic heterocycles. The number of rotatable bonds is 2. The van der Waals surface area contributed by atoms with Crippen LogP contribution < -0.4 is 4.74 Å². The second-order valence-electron chi connectivity index (χ2n) is 2.15. The molecule has 0 unspecified atom stereocenters. The second kappa shape index (κ2) is 7.47. The van der Waals surface area contributed by atoms with Gasteiger partial charge in [0.25, 0.3) is 0 Å². The van der Waals surface area contributed by atoms with Crippen molar-refractivity contribution in [2.24, 2.45) is 0 Å². The van der Waals surface area contributed by atoms with Crippen molar-refractivity contribution in [1.82, 2.24) is 0 Å². The van der Waals surface area contributed by atoms with Crippen LogP contribution in [-0.4, -0.2) is 23.8 Å². The minimum atomic E-state index is 0.0399. The van der Waals surface area contributed by atoms with Gasteiger partial charge in [0.2, 0.25) is 0 Å². The highest BCUT2D eigenvalue weighted by Gasteiger charge is 2.00. The van der Waals surface area contributed by atoms with Gasteiger partial charge in [0.1, 0.15) is 6.29 Å². The summed E-state index contributed by atoms with van der Waals surface area (Å²) in [6.45, 7) is 0. The molecule has 14 heavy (non-hydrogen) atoms. The lowest BCUT2D eigenvalue weighted by molar-refractivity contribution is 0.112. The molecule has 3 nitrogen and oxygen atoms in total. The van der Waals surface area contributed by atoms with Crippen molar-refractivity contribution in [1.29, 1.82) is 0 Å². The molecule has 0 saturated carbocycles. The standard InChI is InChI=1S/C8H8O3.CH2Cl2/c1-11-8-4-6(5-9)2-3-7(8)10;2-1-3/h2-5,10H,1H3;1H2. The van der Waals surface area contributed by atoms with Crippen LogP contribution in [0.15, 0.2) is 18.2 Å². The Morgan fingerprint density at radius 2 is 2.07 bits per heavy atom. The van der Waals surface area contributed by atoms with Gasteiger partial charge in [0.15, 0.2) is 11.5 Å². The van der Waals surface area contributed by atoms with Crippen LogP contribution in [0.3, 0.4) is 0 Å². The smallest absolute Gasteiger partial charge is 0.161 e. The van der Waals surface area contributed by atoms with Crippen LogP contribution in [-0.2, 0) is 0 Å². The van der Waals surface area contributed by atoms with E-state index in [-0.39, 0.29) is 11.1 Å². The van der Waals surface area contributed by atoms with E-state index in [0.717, 1.165) is 0 Å². The summed E-state index contributed by atoms with van der Waals surface area (Å²) in [7, 11) is 1.43. The molecule has 5 heteroatoms. The van der Waals surface area contributed by atoms with E-state index in [2.05, 4.69) is 0 Å². The van der Waals surface area contributed by atoms with Gasteiger partial charge >= 0.3 is 0 Å². The van der Waals surface area contributed by atoms with E-state index < -0.39 is 0 Å². The lowest BCUT2D eigenvalue weighted by Crippen LogP contribution is -1.85. The van der Waals surface area contributed by atoms with Crippen LogP contribution in [0.1, 0.15) is 10.4 Å². The number of alkyl halides is 2. The Labute approximate surface area is 92.2 Å². The summed E-state index contributed by atoms with van der Waals surface area (Å²) in [5.74, 6) is 0.354. The number of hydrogen-bond acceptors (Lipinski definition) is 3. The maximum absolute atomic E-state index is 10.2. The van der Waals surface area contributed by atoms with E-state index in [9.17, 15) is 4.79 Å². The molecule has 0 amide bonds. The summed E-state index contributed by atoms with van der Waals surface area (Å²) in [5.41, 5.74) is 0.486. The molecule has 0 aromatic heterocycles. The lowest BCUT2D eigenvalue weighted by Gasteiger charge is -2.01. The van der Waals surface area contributed by atoms with Gasteiger partial charge in [-0.1, -0.05) is 0 Å². The van der Waals surface area contributed by atoms with Crippen molar-refractivity contribution < 1.29 is 14.6 Å². The molecular formula is C9H10Cl2O3. The number of phenolic OH excluding ortho intramolecular Hbond substituents is 1. The molecular weight excluding hydrogens is 227 g/mol. The van der Waals surface area contributed by atoms with Gasteiger partial charge in [-0.3, -0.25) is 4.79 Å². The highest BCUT2D eigenvalue weighted by molar-refractivity contribution is 6.40. The van der Waals surface area contributed by atoms with E-state index >= 15 is 0 Å². The topological polar surface area (TPSA) is 46.5 Å². The molecule has 1 aromatic rings. The molecule has 0 saturated heterocycles. The number of aldehydes is 1. The predicted octanol–water partition coefficient (Wildman–Crippen LogP) is 2.63. The SMILES string of the molecule is COc1cc(C=O)ccc1O.ClCCl. The van der Waals surface area contributed by atoms with Crippen LogP contribution in [0.2, 0.25) is 0 Å². The maximum atomic E-state index is 10.2. The molecule has 0 atom stereocenters. The molecule has 0 bridgehead atoms. The normalized spacial score (nSPS) is 8.50. The van der Waals surface area contributed by atoms with E-state index in [1.54, 1.807) is 0 Å². The van der Waals surface area contributed by atoms with Crippen LogP contribution in [0.4, 0.5) is 0 Å². The highest BCUT2D eigenvalue weighted by Crippen LogP contribution is 2.25. The summed E-state index contributed by atoms with van der Waals surface area (Å²) in [4.78, 5) is 10.2. The Kier molecular flexibility index (Phi) is 6.98. The zero-order chi connectivity index (χ0) is 11.0. The quantitative estimate of drug-likeness (QED) is 0.635. The first-order valence-corrected chi connectivity index (χ1v) is 4.70. The van der Waals surface area contributed by atoms with Gasteiger partial charge in [0, 0.05) is 5.56 Å². The first-order chi connectivity index (χ1) is 6.69. The molecule has 0 spiro atoms. The summed E-state index contributed by atoms with van der Waals surface area (Å²) in [6.07, 6.45) is 0.696. The second-order valence-corrected chi connectivity index (χ2v) is 2.96. The van der Waals surface area contributed by atoms with E-state index in [1.807, 2.05) is 0 Å². The van der Waals surface area contributed by atoms with Crippen LogP contribution >= 0.6 is 23.2 Å². The highest BCUT2D eigenvalue weighted by atomic mass is 35.5. The van der Waals surface area contributed by atoms with Gasteiger partial charge in [-0.25, -0.2) is 0 Å². The Balaban J connectivity index is 0.000000500. The fourth-order valence-corrected chi connectivity index (χ4v) is 0.768. The van der Waals surface area contributed by atoms with Crippen molar-refractivity contribution in [3.63, 3.8) is 0 Å². The molecule has 0 aliphatic carbocycles. The monoisotopic (exact) mass is 236 g/mol. The van der Waals surface area contributed by atoms with E-state index in [1.165, 1.54) is 25.3 Å². The van der Waals surface area contributed by atoms with Crippen LogP contribution in [0, 0.1) is 0 Å². The maximum Gasteiger partial charge on any atom is 0.161 e. The fraction of sp³-hybridized carbons (Fsp3) is 0.222. The average molecular weight is 237 g/mol. The summed E-state index contributed by atoms with van der Waals surface area (Å²) < 4.78 is 4.78. The largest absolute Gasteiger partial charge is 0.504 e. The number of carbonyl (C=O) groups excluding carboxylic acids is 1. The molecule has 1 N–H and O–H groups in total. The average Bonchev–Trinajstić information content (AvgIpc) is 2.20. The minimum absolute atomic E-state index is 0.0399. The summed E-state index contributed by atoms with van der Waals surface area (Å²) >= 11 is 9.53. The molecule has 0 fully saturated rings. The number of hydrogen-bond donors (Lipinski definition) is 1. The van der Waals surface area contributed by atoms with Gasteiger partial charge in [-0.05, 0) is 18.2 Å². The Morgan fingerprint density at radius 1 is 1.50 bits per heavy atom. The lowest BCUT2D eigenvalue weighted by atomic mass is 10.2. The number of methoxy groups -OCH3 is 1. The van der Waals surface area contributed by atoms with Gasteiger partial charge < -0.3 is 9.84 Å². The minimum Gasteiger partial charge on any atom is -0.504 e. The number of carbonyl (C=O) groups is 1. The van der Waals surface area contributed by atoms with E-state index in [4.69, 9.17) is 33.0 Å². The third-order valence-electron chi connectivity index (χ3n) is 1.34. The molecule has 0 heterocycles. The molecule has 1 rings (SSSR count). The molecule has 1 aromatic carbocycles. The van der Waals surface area contributed by atoms with Gasteiger partial charge in [-0.2, -0.15) is 0 Å². The Hall–Kier alpha value is -0.930. The van der Waals surface area contributed by atoms with Crippen molar-refractivity contribution in [2.45, 2.75) is 0 Å². The summed E-state index contributed by atoms with van der Waals surface area (Å²) in [5, 5.41) is 9.28. The summed E-state index contributed by atoms with van der Waals surface area (Å²) in [6, 6.07) is 4.41. The third kappa shape index (κ3) is 4.35. The molecule has 0 aliphatic rings. The molecule has 0 radical (unpaired) electrons. The predicted molar refractivity (Wildman–Crippen MR) is 56.6 cm³/mol. The number of aromatic hydroxyl groups is 1. The van der Waals surface area contributed by atoms with Crippen molar-refractivity contribution in [3.8, 4) is 11.5 Å². The zero-order valence-electron chi connectivity index (χ0n) is 7.54. The zero-order valence-corrected chi connectivity index (χ0v) is 9.05. The fourth-order valence-electron chi connectivity index (χ4n) is 0.768. The van der Waals surface area contributed by atoms with Crippen LogP contribution in [0.5, 0.6) is 11.5 Å². The molecule has 78 valence electrons. The number of ether oxygens (including phenoxy) is 1. The van der Waals surface area contributed by atoms with Crippen LogP contribution in [0.25, 0.3) is 0 Å². The van der Waals surface area contributed by atoms with Gasteiger partial charge in [-0.15, -0.1) is 23.2 Å². The first kappa shape index (κ1) is 13.1. The first-order valence-electron chi connectivity index (χ1n) is 3.63. The Morgan fingerprint density at radius 3 is 2.50 bits per heavy atom. The Bertz CT molecular complexity index is 289. The van der Waals surface area contributed by atoms with Crippen molar-refractivity contribution in [2.75, 3.05) is 12.4 Å². The van der Waals surface area contributed by atoms with Gasteiger partial charge in [0.05, 0.1) is 12.4 Å².